The summed E-state index contributed by atoms with van der Waals surface area (Å²) in [6.45, 7) is 4.42. The minimum Gasteiger partial charge on any atom is -0.310 e. The van der Waals surface area contributed by atoms with Gasteiger partial charge < -0.3 is 18.8 Å². The molecule has 0 unspecified atom stereocenters. The first kappa shape index (κ1) is 54.5. The van der Waals surface area contributed by atoms with Crippen molar-refractivity contribution in [1.82, 2.24) is 0 Å². The van der Waals surface area contributed by atoms with Crippen molar-refractivity contribution in [2.75, 3.05) is 23.0 Å². The van der Waals surface area contributed by atoms with Gasteiger partial charge in [0.2, 0.25) is 0 Å². The van der Waals surface area contributed by atoms with Gasteiger partial charge in [0, 0.05) is 48.6 Å². The molecule has 0 fully saturated rings. The fourth-order valence-electron chi connectivity index (χ4n) is 6.79. The third kappa shape index (κ3) is 16.4. The standard InChI is InChI=1S/C26H18BrF2N.C19H13F2NO.C11H16BrO3P.CH4/c27-21-7-3-19(4-8-21)1-2-20-5-13-24(14-6-20)30(25-15-9-22(28)10-16-25)26-17-11-23(29)12-18-26;20-15-3-9-18(10-4-15)22(19-11-5-16(21)6-12-19)17-7-1-14(13-23)2-8-17;1-3-14-16(13,15-4-2)9-10-5-7-11(12)8-6-10;/h1-18H;1-13H;5-8H,3-4,9H2,1-2H3;1H4/b2-1+;;;. The molecule has 0 saturated carbocycles. The quantitative estimate of drug-likeness (QED) is 0.0441. The molecule has 6 nitrogen and oxygen atoms in total. The predicted molar refractivity (Wildman–Crippen MR) is 286 cm³/mol. The van der Waals surface area contributed by atoms with E-state index in [9.17, 15) is 26.9 Å². The van der Waals surface area contributed by atoms with E-state index in [-0.39, 0.29) is 30.7 Å². The molecule has 360 valence electrons. The Kier molecular flexibility index (Phi) is 21.1. The smallest absolute Gasteiger partial charge is 0.310 e. The molecule has 0 aliphatic rings. The summed E-state index contributed by atoms with van der Waals surface area (Å²) in [5.74, 6) is -1.26. The molecular weight excluding hydrogens is 1040 g/mol. The first-order chi connectivity index (χ1) is 33.3. The van der Waals surface area contributed by atoms with Crippen molar-refractivity contribution in [3.63, 3.8) is 0 Å². The van der Waals surface area contributed by atoms with Gasteiger partial charge in [-0.3, -0.25) is 9.36 Å². The van der Waals surface area contributed by atoms with Crippen LogP contribution in [0.2, 0.25) is 0 Å². The lowest BCUT2D eigenvalue weighted by molar-refractivity contribution is 0.112. The number of nitrogens with zero attached hydrogens (tertiary/aromatic N) is 2. The molecule has 0 aliphatic heterocycles. The largest absolute Gasteiger partial charge is 0.335 e. The summed E-state index contributed by atoms with van der Waals surface area (Å²) in [5, 5.41) is 0. The highest BCUT2D eigenvalue weighted by molar-refractivity contribution is 9.10. The van der Waals surface area contributed by atoms with Crippen LogP contribution in [0.4, 0.5) is 51.7 Å². The molecule has 0 heterocycles. The van der Waals surface area contributed by atoms with Crippen LogP contribution in [0, 0.1) is 23.3 Å². The van der Waals surface area contributed by atoms with Crippen LogP contribution in [0.3, 0.4) is 0 Å². The van der Waals surface area contributed by atoms with E-state index in [0.29, 0.717) is 24.9 Å². The number of anilines is 6. The van der Waals surface area contributed by atoms with Gasteiger partial charge in [-0.05, 0) is 188 Å². The van der Waals surface area contributed by atoms with Gasteiger partial charge in [0.1, 0.15) is 29.6 Å². The summed E-state index contributed by atoms with van der Waals surface area (Å²) in [6, 6.07) is 55.3. The van der Waals surface area contributed by atoms with Gasteiger partial charge in [-0.2, -0.15) is 0 Å². The summed E-state index contributed by atoms with van der Waals surface area (Å²) in [7, 11) is -2.97. The van der Waals surface area contributed by atoms with Gasteiger partial charge in [-0.15, -0.1) is 0 Å². The Labute approximate surface area is 424 Å². The molecule has 0 aliphatic carbocycles. The van der Waals surface area contributed by atoms with Crippen LogP contribution in [0.1, 0.15) is 48.3 Å². The van der Waals surface area contributed by atoms with Crippen molar-refractivity contribution in [2.45, 2.75) is 27.4 Å². The Morgan fingerprint density at radius 1 is 0.429 bits per heavy atom. The Morgan fingerprint density at radius 2 is 0.686 bits per heavy atom. The van der Waals surface area contributed by atoms with Crippen LogP contribution in [-0.2, 0) is 19.8 Å². The molecule has 0 bridgehead atoms. The van der Waals surface area contributed by atoms with Crippen molar-refractivity contribution < 1.29 is 36.0 Å². The van der Waals surface area contributed by atoms with Crippen molar-refractivity contribution in [3.05, 3.63) is 249 Å². The molecule has 13 heteroatoms. The molecule has 0 atom stereocenters. The normalized spacial score (nSPS) is 10.8. The fraction of sp³-hybridized carbons (Fsp3) is 0.105. The zero-order chi connectivity index (χ0) is 49.2. The van der Waals surface area contributed by atoms with Crippen molar-refractivity contribution in [1.29, 1.82) is 0 Å². The van der Waals surface area contributed by atoms with Gasteiger partial charge in [-0.1, -0.05) is 87.8 Å². The lowest BCUT2D eigenvalue weighted by Gasteiger charge is -2.25. The van der Waals surface area contributed by atoms with Crippen LogP contribution in [0.15, 0.2) is 203 Å². The Morgan fingerprint density at radius 3 is 0.971 bits per heavy atom. The number of benzene rings is 8. The van der Waals surface area contributed by atoms with Gasteiger partial charge >= 0.3 is 7.60 Å². The fourth-order valence-corrected chi connectivity index (χ4v) is 9.02. The Balaban J connectivity index is 0.000000204. The van der Waals surface area contributed by atoms with Gasteiger partial charge in [-0.25, -0.2) is 17.6 Å². The lowest BCUT2D eigenvalue weighted by Crippen LogP contribution is -2.10. The number of rotatable bonds is 15. The second-order valence-electron chi connectivity index (χ2n) is 15.0. The summed E-state index contributed by atoms with van der Waals surface area (Å²) < 4.78 is 78.0. The van der Waals surface area contributed by atoms with Crippen LogP contribution in [0.5, 0.6) is 0 Å². The molecule has 8 aromatic rings. The van der Waals surface area contributed by atoms with Crippen LogP contribution in [-0.4, -0.2) is 19.5 Å². The first-order valence-corrected chi connectivity index (χ1v) is 25.0. The third-order valence-electron chi connectivity index (χ3n) is 10.1. The molecule has 0 amide bonds. The summed E-state index contributed by atoms with van der Waals surface area (Å²) in [5.41, 5.74) is 8.42. The highest BCUT2D eigenvalue weighted by Crippen LogP contribution is 2.51. The summed E-state index contributed by atoms with van der Waals surface area (Å²) in [4.78, 5) is 14.6. The summed E-state index contributed by atoms with van der Waals surface area (Å²) in [6.07, 6.45) is 5.19. The van der Waals surface area contributed by atoms with E-state index in [2.05, 4.69) is 37.9 Å². The third-order valence-corrected chi connectivity index (χ3v) is 13.2. The number of hydrogen-bond acceptors (Lipinski definition) is 6. The maximum absolute atomic E-state index is 13.4. The molecule has 70 heavy (non-hydrogen) atoms. The van der Waals surface area contributed by atoms with Crippen molar-refractivity contribution in [3.8, 4) is 0 Å². The predicted octanol–water partition coefficient (Wildman–Crippen LogP) is 18.5. The topological polar surface area (TPSA) is 59.1 Å². The average Bonchev–Trinajstić information content (AvgIpc) is 3.36. The lowest BCUT2D eigenvalue weighted by atomic mass is 10.1. The van der Waals surface area contributed by atoms with E-state index >= 15 is 0 Å². The zero-order valence-corrected chi connectivity index (χ0v) is 41.6. The van der Waals surface area contributed by atoms with Gasteiger partial charge in [0.05, 0.1) is 19.4 Å². The molecule has 0 N–H and O–H groups in total. The van der Waals surface area contributed by atoms with E-state index in [4.69, 9.17) is 9.05 Å². The molecule has 0 radical (unpaired) electrons. The van der Waals surface area contributed by atoms with E-state index in [0.717, 1.165) is 66.0 Å². The van der Waals surface area contributed by atoms with E-state index in [1.165, 1.54) is 48.5 Å². The van der Waals surface area contributed by atoms with E-state index in [1.807, 2.05) is 103 Å². The molecule has 8 aromatic carbocycles. The van der Waals surface area contributed by atoms with Crippen LogP contribution in [0.25, 0.3) is 12.2 Å². The second-order valence-corrected chi connectivity index (χ2v) is 18.9. The second kappa shape index (κ2) is 27.1. The number of carbonyl (C=O) groups is 1. The highest BCUT2D eigenvalue weighted by atomic mass is 79.9. The molecule has 8 rings (SSSR count). The SMILES string of the molecule is C.CCOP(=O)(Cc1ccc(Br)cc1)OCC.Fc1ccc(N(c2ccc(F)cc2)c2ccc(/C=C/c3ccc(Br)cc3)cc2)cc1.O=Cc1ccc(N(c2ccc(F)cc2)c2ccc(F)cc2)cc1. The van der Waals surface area contributed by atoms with E-state index in [1.54, 1.807) is 72.8 Å². The number of hydrogen-bond donors (Lipinski definition) is 0. The molecule has 0 saturated heterocycles. The van der Waals surface area contributed by atoms with Gasteiger partial charge in [0.25, 0.3) is 0 Å². The number of aldehydes is 1. The first-order valence-electron chi connectivity index (χ1n) is 21.7. The van der Waals surface area contributed by atoms with Gasteiger partial charge in [0.15, 0.2) is 0 Å². The monoisotopic (exact) mass is 1090 g/mol. The highest BCUT2D eigenvalue weighted by Gasteiger charge is 2.24. The maximum atomic E-state index is 13.4. The Bertz CT molecular complexity index is 2810. The molecule has 0 aromatic heterocycles. The van der Waals surface area contributed by atoms with E-state index < -0.39 is 7.60 Å². The summed E-state index contributed by atoms with van der Waals surface area (Å²) >= 11 is 6.79. The Hall–Kier alpha value is -6.40. The minimum atomic E-state index is -2.97. The average molecular weight is 1090 g/mol. The van der Waals surface area contributed by atoms with Crippen molar-refractivity contribution in [2.24, 2.45) is 0 Å². The maximum Gasteiger partial charge on any atom is 0.335 e. The van der Waals surface area contributed by atoms with Crippen LogP contribution >= 0.6 is 39.5 Å². The minimum absolute atomic E-state index is 0. The van der Waals surface area contributed by atoms with Crippen molar-refractivity contribution >= 4 is 92.0 Å². The molecule has 0 spiro atoms. The number of carbonyl (C=O) groups excluding carboxylic acids is 1. The number of halogens is 6. The molecular formula is C57H51Br2F4N2O4P. The zero-order valence-electron chi connectivity index (χ0n) is 37.6. The van der Waals surface area contributed by atoms with Crippen LogP contribution < -0.4 is 9.80 Å².